The van der Waals surface area contributed by atoms with E-state index in [9.17, 15) is 4.79 Å². The number of ether oxygens (including phenoxy) is 1. The minimum absolute atomic E-state index is 0.179. The SMILES string of the molecule is C=C(/C=C1/OC(C)(C)CCN1N)C(N)=O. The Morgan fingerprint density at radius 2 is 2.27 bits per heavy atom. The summed E-state index contributed by atoms with van der Waals surface area (Å²) in [5, 5.41) is 1.44. The van der Waals surface area contributed by atoms with Crippen LogP contribution in [0.15, 0.2) is 24.1 Å². The Kier molecular flexibility index (Phi) is 3.04. The molecule has 0 spiro atoms. The number of nitrogens with zero attached hydrogens (tertiary/aromatic N) is 1. The van der Waals surface area contributed by atoms with Gasteiger partial charge in [-0.25, -0.2) is 5.84 Å². The van der Waals surface area contributed by atoms with E-state index in [2.05, 4.69) is 6.58 Å². The zero-order chi connectivity index (χ0) is 11.6. The topological polar surface area (TPSA) is 81.6 Å². The number of rotatable bonds is 2. The quantitative estimate of drug-likeness (QED) is 0.506. The van der Waals surface area contributed by atoms with Crippen molar-refractivity contribution in [3.63, 3.8) is 0 Å². The highest BCUT2D eigenvalue weighted by Crippen LogP contribution is 2.26. The van der Waals surface area contributed by atoms with Crippen molar-refractivity contribution in [3.05, 3.63) is 24.1 Å². The Labute approximate surface area is 89.3 Å². The predicted octanol–water partition coefficient (Wildman–Crippen LogP) is 0.244. The maximum absolute atomic E-state index is 10.8. The molecular formula is C10H17N3O2. The second kappa shape index (κ2) is 3.94. The number of hydrogen-bond acceptors (Lipinski definition) is 4. The molecule has 4 N–H and O–H groups in total. The number of nitrogens with two attached hydrogens (primary N) is 2. The lowest BCUT2D eigenvalue weighted by atomic mass is 10.0. The second-order valence-corrected chi connectivity index (χ2v) is 4.18. The molecule has 0 aliphatic carbocycles. The summed E-state index contributed by atoms with van der Waals surface area (Å²) >= 11 is 0. The Hall–Kier alpha value is -1.49. The fourth-order valence-corrected chi connectivity index (χ4v) is 1.23. The number of primary amides is 1. The number of carbonyl (C=O) groups excluding carboxylic acids is 1. The molecular weight excluding hydrogens is 194 g/mol. The van der Waals surface area contributed by atoms with E-state index >= 15 is 0 Å². The molecule has 0 aromatic carbocycles. The van der Waals surface area contributed by atoms with E-state index in [1.165, 1.54) is 11.1 Å². The molecule has 1 amide bonds. The molecule has 0 radical (unpaired) electrons. The highest BCUT2D eigenvalue weighted by molar-refractivity contribution is 5.94. The molecule has 0 saturated carbocycles. The lowest BCUT2D eigenvalue weighted by Crippen LogP contribution is -2.45. The van der Waals surface area contributed by atoms with Crippen molar-refractivity contribution < 1.29 is 9.53 Å². The molecule has 1 fully saturated rings. The van der Waals surface area contributed by atoms with Crippen LogP contribution in [0.5, 0.6) is 0 Å². The summed E-state index contributed by atoms with van der Waals surface area (Å²) in [4.78, 5) is 10.8. The van der Waals surface area contributed by atoms with Gasteiger partial charge in [0.1, 0.15) is 5.60 Å². The van der Waals surface area contributed by atoms with Crippen molar-refractivity contribution in [2.24, 2.45) is 11.6 Å². The summed E-state index contributed by atoms with van der Waals surface area (Å²) in [6.45, 7) is 8.11. The maximum atomic E-state index is 10.8. The van der Waals surface area contributed by atoms with Crippen molar-refractivity contribution in [2.75, 3.05) is 6.54 Å². The number of carbonyl (C=O) groups is 1. The van der Waals surface area contributed by atoms with Gasteiger partial charge in [-0.15, -0.1) is 0 Å². The summed E-state index contributed by atoms with van der Waals surface area (Å²) in [6, 6.07) is 0. The van der Waals surface area contributed by atoms with E-state index in [0.29, 0.717) is 12.4 Å². The van der Waals surface area contributed by atoms with E-state index in [1.807, 2.05) is 13.8 Å². The predicted molar refractivity (Wildman–Crippen MR) is 57.1 cm³/mol. The molecule has 1 rings (SSSR count). The van der Waals surface area contributed by atoms with Crippen LogP contribution in [0.25, 0.3) is 0 Å². The first-order valence-corrected chi connectivity index (χ1v) is 4.73. The molecule has 1 heterocycles. The van der Waals surface area contributed by atoms with Crippen molar-refractivity contribution in [3.8, 4) is 0 Å². The molecule has 0 atom stereocenters. The monoisotopic (exact) mass is 211 g/mol. The normalized spacial score (nSPS) is 22.3. The number of amides is 1. The summed E-state index contributed by atoms with van der Waals surface area (Å²) in [6.07, 6.45) is 2.28. The van der Waals surface area contributed by atoms with E-state index in [0.717, 1.165) is 6.42 Å². The van der Waals surface area contributed by atoms with Gasteiger partial charge >= 0.3 is 0 Å². The van der Waals surface area contributed by atoms with Crippen LogP contribution >= 0.6 is 0 Å². The molecule has 1 aliphatic heterocycles. The van der Waals surface area contributed by atoms with Crippen LogP contribution in [0, 0.1) is 0 Å². The highest BCUT2D eigenvalue weighted by Gasteiger charge is 2.28. The Bertz CT molecular complexity index is 321. The second-order valence-electron chi connectivity index (χ2n) is 4.18. The molecule has 0 unspecified atom stereocenters. The van der Waals surface area contributed by atoms with Gasteiger partial charge in [0.2, 0.25) is 11.8 Å². The first kappa shape index (κ1) is 11.6. The minimum atomic E-state index is -0.581. The standard InChI is InChI=1S/C10H17N3O2/c1-7(9(11)14)6-8-13(12)5-4-10(2,3)15-8/h6H,1,4-5,12H2,2-3H3,(H2,11,14)/b8-6+. The molecule has 1 aliphatic rings. The minimum Gasteiger partial charge on any atom is -0.472 e. The van der Waals surface area contributed by atoms with Crippen molar-refractivity contribution >= 4 is 5.91 Å². The summed E-state index contributed by atoms with van der Waals surface area (Å²) in [5.74, 6) is 5.54. The van der Waals surface area contributed by atoms with Gasteiger partial charge in [0.25, 0.3) is 0 Å². The largest absolute Gasteiger partial charge is 0.472 e. The van der Waals surface area contributed by atoms with Gasteiger partial charge < -0.3 is 10.5 Å². The molecule has 1 saturated heterocycles. The Balaban J connectivity index is 2.83. The van der Waals surface area contributed by atoms with Crippen LogP contribution in [0.4, 0.5) is 0 Å². The third kappa shape index (κ3) is 2.99. The number of hydrogen-bond donors (Lipinski definition) is 2. The van der Waals surface area contributed by atoms with Crippen LogP contribution in [-0.2, 0) is 9.53 Å². The van der Waals surface area contributed by atoms with Crippen LogP contribution < -0.4 is 11.6 Å². The van der Waals surface area contributed by atoms with Crippen molar-refractivity contribution in [2.45, 2.75) is 25.9 Å². The van der Waals surface area contributed by atoms with Gasteiger partial charge in [-0.05, 0) is 13.8 Å². The van der Waals surface area contributed by atoms with Crippen LogP contribution in [0.2, 0.25) is 0 Å². The zero-order valence-corrected chi connectivity index (χ0v) is 9.12. The average molecular weight is 211 g/mol. The zero-order valence-electron chi connectivity index (χ0n) is 9.12. The van der Waals surface area contributed by atoms with Crippen molar-refractivity contribution in [1.29, 1.82) is 0 Å². The molecule has 15 heavy (non-hydrogen) atoms. The molecule has 5 heteroatoms. The molecule has 5 nitrogen and oxygen atoms in total. The Morgan fingerprint density at radius 3 is 2.80 bits per heavy atom. The lowest BCUT2D eigenvalue weighted by Gasteiger charge is -2.38. The highest BCUT2D eigenvalue weighted by atomic mass is 16.5. The lowest BCUT2D eigenvalue weighted by molar-refractivity contribution is -0.114. The number of hydrazine groups is 1. The van der Waals surface area contributed by atoms with Crippen molar-refractivity contribution in [1.82, 2.24) is 5.01 Å². The first-order valence-electron chi connectivity index (χ1n) is 4.73. The summed E-state index contributed by atoms with van der Waals surface area (Å²) < 4.78 is 5.60. The van der Waals surface area contributed by atoms with Gasteiger partial charge in [-0.2, -0.15) is 0 Å². The summed E-state index contributed by atoms with van der Waals surface area (Å²) in [7, 11) is 0. The van der Waals surface area contributed by atoms with Gasteiger partial charge in [0, 0.05) is 24.6 Å². The van der Waals surface area contributed by atoms with E-state index in [-0.39, 0.29) is 11.2 Å². The summed E-state index contributed by atoms with van der Waals surface area (Å²) in [5.41, 5.74) is 4.97. The van der Waals surface area contributed by atoms with E-state index < -0.39 is 5.91 Å². The first-order chi connectivity index (χ1) is 6.82. The van der Waals surface area contributed by atoms with Gasteiger partial charge in [-0.1, -0.05) is 6.58 Å². The maximum Gasteiger partial charge on any atom is 0.248 e. The third-order valence-corrected chi connectivity index (χ3v) is 2.23. The van der Waals surface area contributed by atoms with Crippen LogP contribution in [0.1, 0.15) is 20.3 Å². The van der Waals surface area contributed by atoms with Gasteiger partial charge in [-0.3, -0.25) is 9.80 Å². The Morgan fingerprint density at radius 1 is 1.67 bits per heavy atom. The smallest absolute Gasteiger partial charge is 0.248 e. The molecule has 0 bridgehead atoms. The van der Waals surface area contributed by atoms with Gasteiger partial charge in [0.05, 0.1) is 0 Å². The molecule has 0 aromatic heterocycles. The average Bonchev–Trinajstić information content (AvgIpc) is 2.11. The van der Waals surface area contributed by atoms with Crippen LogP contribution in [0.3, 0.4) is 0 Å². The molecule has 84 valence electrons. The van der Waals surface area contributed by atoms with E-state index in [1.54, 1.807) is 0 Å². The van der Waals surface area contributed by atoms with Gasteiger partial charge in [0.15, 0.2) is 0 Å². The van der Waals surface area contributed by atoms with E-state index in [4.69, 9.17) is 16.3 Å². The van der Waals surface area contributed by atoms with Crippen LogP contribution in [-0.4, -0.2) is 23.1 Å². The fourth-order valence-electron chi connectivity index (χ4n) is 1.23. The molecule has 0 aromatic rings. The fraction of sp³-hybridized carbons (Fsp3) is 0.500. The third-order valence-electron chi connectivity index (χ3n) is 2.23.